The van der Waals surface area contributed by atoms with Crippen molar-refractivity contribution in [3.8, 4) is 11.5 Å². The molecule has 3 amide bonds. The third kappa shape index (κ3) is 5.00. The van der Waals surface area contributed by atoms with Gasteiger partial charge in [-0.05, 0) is 84.3 Å². The molecule has 0 spiro atoms. The molecule has 8 rings (SSSR count). The number of ether oxygens (including phenoxy) is 1. The van der Waals surface area contributed by atoms with Gasteiger partial charge in [0.15, 0.2) is 6.61 Å². The number of alkyl halides is 3. The fourth-order valence-electron chi connectivity index (χ4n) is 8.13. The number of aromatic nitrogens is 1. The summed E-state index contributed by atoms with van der Waals surface area (Å²) in [6.07, 6.45) is -3.98. The van der Waals surface area contributed by atoms with Gasteiger partial charge in [-0.25, -0.2) is 0 Å². The van der Waals surface area contributed by atoms with Gasteiger partial charge in [0.2, 0.25) is 11.8 Å². The zero-order valence-corrected chi connectivity index (χ0v) is 26.4. The minimum Gasteiger partial charge on any atom is -0.508 e. The van der Waals surface area contributed by atoms with Crippen molar-refractivity contribution in [1.29, 1.82) is 0 Å². The maximum absolute atomic E-state index is 13.9. The number of imide groups is 1. The van der Waals surface area contributed by atoms with E-state index >= 15 is 0 Å². The van der Waals surface area contributed by atoms with E-state index in [0.29, 0.717) is 17.9 Å². The fourth-order valence-corrected chi connectivity index (χ4v) is 11.0. The normalized spacial score (nSPS) is 27.1. The molecule has 4 aromatic rings. The molecule has 48 heavy (non-hydrogen) atoms. The largest absolute Gasteiger partial charge is 0.508 e. The van der Waals surface area contributed by atoms with E-state index in [2.05, 4.69) is 10.3 Å². The molecule has 2 saturated carbocycles. The topological polar surface area (TPSA) is 129 Å². The van der Waals surface area contributed by atoms with Crippen molar-refractivity contribution >= 4 is 52.2 Å². The first-order chi connectivity index (χ1) is 23.0. The summed E-state index contributed by atoms with van der Waals surface area (Å²) in [5, 5.41) is 12.8. The number of thiazole rings is 1. The highest BCUT2D eigenvalue weighted by Crippen LogP contribution is 2.68. The second-order valence-electron chi connectivity index (χ2n) is 12.5. The first-order valence-electron chi connectivity index (χ1n) is 15.2. The number of phenolic OH excluding ortho intramolecular Hbond substituents is 1. The van der Waals surface area contributed by atoms with Crippen LogP contribution in [0.2, 0.25) is 0 Å². The average Bonchev–Trinajstić information content (AvgIpc) is 3.80. The molecule has 246 valence electrons. The average molecular weight is 694 g/mol. The Morgan fingerprint density at radius 2 is 1.69 bits per heavy atom. The molecule has 4 aliphatic rings. The predicted octanol–water partition coefficient (Wildman–Crippen LogP) is 5.86. The highest BCUT2D eigenvalue weighted by atomic mass is 32.2. The monoisotopic (exact) mass is 693 g/mol. The molecule has 7 atom stereocenters. The minimum atomic E-state index is -4.62. The summed E-state index contributed by atoms with van der Waals surface area (Å²) in [4.78, 5) is 57.2. The van der Waals surface area contributed by atoms with Crippen LogP contribution in [-0.4, -0.2) is 39.7 Å². The quantitative estimate of drug-likeness (QED) is 0.171. The molecule has 0 radical (unpaired) electrons. The van der Waals surface area contributed by atoms with Crippen molar-refractivity contribution in [2.45, 2.75) is 28.8 Å². The zero-order chi connectivity index (χ0) is 33.5. The van der Waals surface area contributed by atoms with E-state index in [0.717, 1.165) is 43.8 Å². The van der Waals surface area contributed by atoms with Crippen LogP contribution >= 0.6 is 23.1 Å². The summed E-state index contributed by atoms with van der Waals surface area (Å²) in [7, 11) is 0. The van der Waals surface area contributed by atoms with Gasteiger partial charge < -0.3 is 20.1 Å². The maximum Gasteiger partial charge on any atom is 0.416 e. The highest BCUT2D eigenvalue weighted by Gasteiger charge is 2.69. The van der Waals surface area contributed by atoms with Crippen molar-refractivity contribution in [2.75, 3.05) is 16.8 Å². The van der Waals surface area contributed by atoms with Crippen LogP contribution in [0.3, 0.4) is 0 Å². The van der Waals surface area contributed by atoms with Gasteiger partial charge in [0.25, 0.3) is 5.91 Å². The van der Waals surface area contributed by atoms with E-state index in [9.17, 15) is 37.5 Å². The van der Waals surface area contributed by atoms with E-state index in [1.165, 1.54) is 36.0 Å². The van der Waals surface area contributed by atoms with Gasteiger partial charge in [-0.1, -0.05) is 29.5 Å². The molecule has 2 aliphatic heterocycles. The Balaban J connectivity index is 1.05. The number of fused-ring (bicyclic) bond motifs is 9. The molecule has 14 heteroatoms. The number of H-pyrrole nitrogens is 1. The molecule has 4 unspecified atom stereocenters. The molecule has 3 N–H and O–H groups in total. The van der Waals surface area contributed by atoms with Crippen LogP contribution in [0.15, 0.2) is 82.6 Å². The number of hydrogen-bond acceptors (Lipinski definition) is 8. The molecule has 1 aromatic heterocycles. The number of phenols is 1. The first-order valence-corrected chi connectivity index (χ1v) is 16.9. The maximum atomic E-state index is 13.9. The lowest BCUT2D eigenvalue weighted by Gasteiger charge is -2.43. The van der Waals surface area contributed by atoms with Crippen LogP contribution in [0, 0.1) is 29.6 Å². The SMILES string of the molecule is O=C(COc1ccc([C@H]2c3sc(=O)[nH]c3SC3C2[C@H]2C[C@@H]3C3C(=O)N(c4cccc(C(F)(F)F)c4)C(=O)C32)cc1)Nc1ccc(O)cc1. The summed E-state index contributed by atoms with van der Waals surface area (Å²) < 4.78 is 46.2. The van der Waals surface area contributed by atoms with Crippen molar-refractivity contribution in [1.82, 2.24) is 4.98 Å². The van der Waals surface area contributed by atoms with Gasteiger partial charge in [-0.15, -0.1) is 11.8 Å². The second-order valence-corrected chi connectivity index (χ2v) is 14.7. The van der Waals surface area contributed by atoms with Crippen LogP contribution in [0.1, 0.15) is 28.3 Å². The predicted molar refractivity (Wildman–Crippen MR) is 171 cm³/mol. The minimum absolute atomic E-state index is 0.0726. The highest BCUT2D eigenvalue weighted by molar-refractivity contribution is 8.00. The molecular formula is C34H26F3N3O6S2. The van der Waals surface area contributed by atoms with Crippen LogP contribution in [0.4, 0.5) is 24.5 Å². The number of nitrogens with zero attached hydrogens (tertiary/aromatic N) is 1. The molecule has 3 fully saturated rings. The molecule has 3 aromatic carbocycles. The Bertz CT molecular complexity index is 2010. The summed E-state index contributed by atoms with van der Waals surface area (Å²) in [6, 6.07) is 17.6. The van der Waals surface area contributed by atoms with Crippen molar-refractivity contribution in [3.05, 3.63) is 98.5 Å². The Morgan fingerprint density at radius 1 is 0.979 bits per heavy atom. The van der Waals surface area contributed by atoms with Crippen LogP contribution in [-0.2, 0) is 20.6 Å². The first kappa shape index (κ1) is 30.8. The number of aromatic hydroxyl groups is 1. The smallest absolute Gasteiger partial charge is 0.416 e. The number of thioether (sulfide) groups is 1. The standard InChI is InChI=1S/C34H26F3N3O6S2/c35-34(36,37)16-2-1-3-18(12-16)40-31(43)26-21-13-22(27(26)32(40)44)28-25(21)24(29-30(47-28)39-33(45)48-29)15-4-10-20(11-5-15)46-14-23(42)38-17-6-8-19(41)9-7-17/h1-12,21-22,24-28,41H,13-14H2,(H,38,42)(H,39,45)/t21-,22-,24-,25?,26?,27?,28?/m1/s1. The summed E-state index contributed by atoms with van der Waals surface area (Å²) >= 11 is 2.64. The van der Waals surface area contributed by atoms with Gasteiger partial charge in [0.1, 0.15) is 11.5 Å². The van der Waals surface area contributed by atoms with Crippen LogP contribution in [0.25, 0.3) is 0 Å². The second kappa shape index (κ2) is 11.3. The van der Waals surface area contributed by atoms with Crippen LogP contribution < -0.4 is 19.8 Å². The Hall–Kier alpha value is -4.56. The summed E-state index contributed by atoms with van der Waals surface area (Å²) in [5.74, 6) is -2.84. The zero-order valence-electron chi connectivity index (χ0n) is 24.8. The molecular weight excluding hydrogens is 668 g/mol. The Morgan fingerprint density at radius 3 is 2.40 bits per heavy atom. The molecule has 2 aliphatic carbocycles. The van der Waals surface area contributed by atoms with Gasteiger partial charge in [-0.2, -0.15) is 13.2 Å². The summed E-state index contributed by atoms with van der Waals surface area (Å²) in [5.41, 5.74) is 0.398. The number of carbonyl (C=O) groups is 3. The third-order valence-electron chi connectivity index (χ3n) is 9.92. The molecule has 1 saturated heterocycles. The van der Waals surface area contributed by atoms with E-state index < -0.39 is 35.4 Å². The van der Waals surface area contributed by atoms with Gasteiger partial charge >= 0.3 is 11.0 Å². The van der Waals surface area contributed by atoms with Crippen LogP contribution in [0.5, 0.6) is 11.5 Å². The van der Waals surface area contributed by atoms with E-state index in [1.807, 2.05) is 12.1 Å². The van der Waals surface area contributed by atoms with E-state index in [4.69, 9.17) is 4.74 Å². The number of anilines is 2. The summed E-state index contributed by atoms with van der Waals surface area (Å²) in [6.45, 7) is -0.250. The molecule has 3 heterocycles. The lowest BCUT2D eigenvalue weighted by molar-refractivity contribution is -0.137. The number of carbonyl (C=O) groups excluding carboxylic acids is 3. The lowest BCUT2D eigenvalue weighted by Crippen LogP contribution is -2.42. The van der Waals surface area contributed by atoms with E-state index in [1.54, 1.807) is 24.3 Å². The Kier molecular flexibility index (Phi) is 7.22. The van der Waals surface area contributed by atoms with E-state index in [-0.39, 0.29) is 57.7 Å². The van der Waals surface area contributed by atoms with Gasteiger partial charge in [0.05, 0.1) is 28.1 Å². The number of benzene rings is 3. The lowest BCUT2D eigenvalue weighted by atomic mass is 9.68. The number of amides is 3. The van der Waals surface area contributed by atoms with Gasteiger partial charge in [0, 0.05) is 21.7 Å². The number of aromatic amines is 1. The van der Waals surface area contributed by atoms with Crippen molar-refractivity contribution in [3.63, 3.8) is 0 Å². The van der Waals surface area contributed by atoms with Gasteiger partial charge in [-0.3, -0.25) is 24.1 Å². The number of hydrogen-bond donors (Lipinski definition) is 3. The third-order valence-corrected chi connectivity index (χ3v) is 12.5. The molecule has 2 bridgehead atoms. The number of rotatable bonds is 6. The van der Waals surface area contributed by atoms with Crippen molar-refractivity contribution < 1.29 is 37.4 Å². The molecule has 9 nitrogen and oxygen atoms in total. The van der Waals surface area contributed by atoms with Crippen molar-refractivity contribution in [2.24, 2.45) is 29.6 Å². The number of nitrogens with one attached hydrogen (secondary N) is 2. The Labute approximate surface area is 279 Å². The fraction of sp³-hybridized carbons (Fsp3) is 0.294. The number of halogens is 3.